The first-order valence-corrected chi connectivity index (χ1v) is 11.6. The van der Waals surface area contributed by atoms with Crippen molar-refractivity contribution in [3.05, 3.63) is 81.5 Å². The molecule has 0 atom stereocenters. The van der Waals surface area contributed by atoms with Crippen LogP contribution in [0.3, 0.4) is 0 Å². The molecule has 0 fully saturated rings. The molecule has 4 rings (SSSR count). The van der Waals surface area contributed by atoms with Crippen molar-refractivity contribution < 1.29 is 38.0 Å². The molecule has 190 valence electrons. The maximum atomic E-state index is 12.7. The fourth-order valence-electron chi connectivity index (χ4n) is 3.50. The van der Waals surface area contributed by atoms with Gasteiger partial charge in [0.25, 0.3) is 0 Å². The van der Waals surface area contributed by atoms with Gasteiger partial charge in [0.1, 0.15) is 11.5 Å². The van der Waals surface area contributed by atoms with Gasteiger partial charge >= 0.3 is 11.9 Å². The number of carbonyl (C=O) groups excluding carboxylic acids is 2. The number of hydrogen-bond donors (Lipinski definition) is 0. The number of cyclic esters (lactones) is 1. The highest BCUT2D eigenvalue weighted by Crippen LogP contribution is 2.39. The molecule has 0 unspecified atom stereocenters. The summed E-state index contributed by atoms with van der Waals surface area (Å²) in [5.74, 6) is 0.831. The van der Waals surface area contributed by atoms with Gasteiger partial charge in [-0.3, -0.25) is 0 Å². The summed E-state index contributed by atoms with van der Waals surface area (Å²) in [7, 11) is 6.00. The van der Waals surface area contributed by atoms with Crippen LogP contribution in [-0.2, 0) is 9.53 Å². The van der Waals surface area contributed by atoms with Crippen molar-refractivity contribution in [1.82, 2.24) is 0 Å². The van der Waals surface area contributed by atoms with Gasteiger partial charge in [0.2, 0.25) is 11.6 Å². The predicted molar refractivity (Wildman–Crippen MR) is 139 cm³/mol. The molecule has 9 nitrogen and oxygen atoms in total. The van der Waals surface area contributed by atoms with Crippen molar-refractivity contribution in [3.63, 3.8) is 0 Å². The lowest BCUT2D eigenvalue weighted by atomic mass is 10.1. The molecule has 0 saturated carbocycles. The molecule has 0 radical (unpaired) electrons. The summed E-state index contributed by atoms with van der Waals surface area (Å²) >= 11 is 3.41. The van der Waals surface area contributed by atoms with Gasteiger partial charge in [-0.25, -0.2) is 14.6 Å². The van der Waals surface area contributed by atoms with Crippen LogP contribution in [0.4, 0.5) is 0 Å². The van der Waals surface area contributed by atoms with Crippen LogP contribution in [-0.4, -0.2) is 46.3 Å². The zero-order chi connectivity index (χ0) is 26.5. The standard InChI is InChI=1S/C27H22BrNO8/c1-32-19-8-5-15(6-9-19)26(30)36-21-10-7-18(28)11-16(21)12-20-27(31)37-25(29-20)17-13-22(33-2)24(35-4)23(14-17)34-3/h5-14H,1-4H3/b20-12+. The van der Waals surface area contributed by atoms with E-state index in [4.69, 9.17) is 28.4 Å². The first-order valence-electron chi connectivity index (χ1n) is 10.9. The molecule has 3 aromatic rings. The van der Waals surface area contributed by atoms with Crippen molar-refractivity contribution in [3.8, 4) is 28.7 Å². The minimum Gasteiger partial charge on any atom is -0.497 e. The molecule has 0 N–H and O–H groups in total. The SMILES string of the molecule is COc1ccc(C(=O)Oc2ccc(Br)cc2/C=C2/N=C(c3cc(OC)c(OC)c(OC)c3)OC2=O)cc1. The Morgan fingerprint density at radius 2 is 1.54 bits per heavy atom. The van der Waals surface area contributed by atoms with Crippen molar-refractivity contribution in [2.45, 2.75) is 0 Å². The smallest absolute Gasteiger partial charge is 0.363 e. The lowest BCUT2D eigenvalue weighted by Crippen LogP contribution is -2.09. The Morgan fingerprint density at radius 3 is 2.14 bits per heavy atom. The van der Waals surface area contributed by atoms with E-state index in [1.165, 1.54) is 27.4 Å². The lowest BCUT2D eigenvalue weighted by Gasteiger charge is -2.13. The van der Waals surface area contributed by atoms with Crippen LogP contribution < -0.4 is 23.7 Å². The summed E-state index contributed by atoms with van der Waals surface area (Å²) in [6.07, 6.45) is 1.48. The van der Waals surface area contributed by atoms with Crippen LogP contribution >= 0.6 is 15.9 Å². The number of ether oxygens (including phenoxy) is 6. The Labute approximate surface area is 221 Å². The highest BCUT2D eigenvalue weighted by molar-refractivity contribution is 9.10. The van der Waals surface area contributed by atoms with Gasteiger partial charge in [-0.2, -0.15) is 0 Å². The van der Waals surface area contributed by atoms with E-state index in [1.54, 1.807) is 61.7 Å². The minimum atomic E-state index is -0.670. The predicted octanol–water partition coefficient (Wildman–Crippen LogP) is 5.05. The highest BCUT2D eigenvalue weighted by atomic mass is 79.9. The molecule has 10 heteroatoms. The van der Waals surface area contributed by atoms with Crippen molar-refractivity contribution in [2.24, 2.45) is 4.99 Å². The van der Waals surface area contributed by atoms with Crippen LogP contribution in [0, 0.1) is 0 Å². The zero-order valence-electron chi connectivity index (χ0n) is 20.4. The average molecular weight is 568 g/mol. The topological polar surface area (TPSA) is 102 Å². The van der Waals surface area contributed by atoms with E-state index in [-0.39, 0.29) is 17.3 Å². The lowest BCUT2D eigenvalue weighted by molar-refractivity contribution is -0.129. The molecule has 0 saturated heterocycles. The molecule has 0 aromatic heterocycles. The van der Waals surface area contributed by atoms with Gasteiger partial charge in [0.05, 0.1) is 34.0 Å². The molecule has 0 spiro atoms. The second kappa shape index (κ2) is 11.2. The van der Waals surface area contributed by atoms with Crippen LogP contribution in [0.2, 0.25) is 0 Å². The van der Waals surface area contributed by atoms with E-state index >= 15 is 0 Å². The van der Waals surface area contributed by atoms with Crippen molar-refractivity contribution >= 4 is 39.8 Å². The Morgan fingerprint density at radius 1 is 0.865 bits per heavy atom. The maximum Gasteiger partial charge on any atom is 0.363 e. The molecule has 37 heavy (non-hydrogen) atoms. The minimum absolute atomic E-state index is 0.0172. The molecule has 1 aliphatic heterocycles. The Hall–Kier alpha value is -4.31. The summed E-state index contributed by atoms with van der Waals surface area (Å²) < 4.78 is 32.9. The van der Waals surface area contributed by atoms with E-state index in [9.17, 15) is 9.59 Å². The Balaban J connectivity index is 1.67. The molecule has 1 aliphatic rings. The molecule has 0 aliphatic carbocycles. The van der Waals surface area contributed by atoms with E-state index < -0.39 is 11.9 Å². The number of nitrogens with zero attached hydrogens (tertiary/aromatic N) is 1. The molecule has 0 amide bonds. The van der Waals surface area contributed by atoms with Crippen LogP contribution in [0.1, 0.15) is 21.5 Å². The summed E-state index contributed by atoms with van der Waals surface area (Å²) in [5.41, 5.74) is 1.25. The number of esters is 2. The largest absolute Gasteiger partial charge is 0.497 e. The van der Waals surface area contributed by atoms with E-state index in [0.29, 0.717) is 44.2 Å². The third kappa shape index (κ3) is 5.59. The normalized spacial score (nSPS) is 13.6. The molecular weight excluding hydrogens is 546 g/mol. The van der Waals surface area contributed by atoms with Gasteiger partial charge in [0, 0.05) is 15.6 Å². The first-order chi connectivity index (χ1) is 17.9. The first kappa shape index (κ1) is 25.8. The maximum absolute atomic E-state index is 12.7. The van der Waals surface area contributed by atoms with Crippen molar-refractivity contribution in [2.75, 3.05) is 28.4 Å². The Bertz CT molecular complexity index is 1390. The summed E-state index contributed by atoms with van der Waals surface area (Å²) in [6.45, 7) is 0. The highest BCUT2D eigenvalue weighted by Gasteiger charge is 2.27. The van der Waals surface area contributed by atoms with E-state index in [1.807, 2.05) is 0 Å². The summed E-state index contributed by atoms with van der Waals surface area (Å²) in [6, 6.07) is 14.8. The van der Waals surface area contributed by atoms with E-state index in [2.05, 4.69) is 20.9 Å². The Kier molecular flexibility index (Phi) is 7.78. The number of aliphatic imine (C=N–C) groups is 1. The number of halogens is 1. The van der Waals surface area contributed by atoms with Crippen LogP contribution in [0.15, 0.2) is 69.8 Å². The average Bonchev–Trinajstić information content (AvgIpc) is 3.29. The van der Waals surface area contributed by atoms with Gasteiger partial charge in [0.15, 0.2) is 17.2 Å². The summed E-state index contributed by atoms with van der Waals surface area (Å²) in [5, 5.41) is 0. The van der Waals surface area contributed by atoms with Crippen LogP contribution in [0.5, 0.6) is 28.7 Å². The summed E-state index contributed by atoms with van der Waals surface area (Å²) in [4.78, 5) is 29.7. The number of methoxy groups -OCH3 is 4. The second-order valence-corrected chi connectivity index (χ2v) is 8.47. The van der Waals surface area contributed by atoms with Gasteiger partial charge in [-0.15, -0.1) is 0 Å². The monoisotopic (exact) mass is 567 g/mol. The van der Waals surface area contributed by atoms with Crippen LogP contribution in [0.25, 0.3) is 6.08 Å². The zero-order valence-corrected chi connectivity index (χ0v) is 22.0. The molecular formula is C27H22BrNO8. The third-order valence-corrected chi connectivity index (χ3v) is 5.82. The van der Waals surface area contributed by atoms with Gasteiger partial charge in [-0.05, 0) is 60.7 Å². The molecule has 1 heterocycles. The number of carbonyl (C=O) groups is 2. The number of benzene rings is 3. The quantitative estimate of drug-likeness (QED) is 0.212. The fourth-order valence-corrected chi connectivity index (χ4v) is 3.87. The second-order valence-electron chi connectivity index (χ2n) is 7.55. The number of rotatable bonds is 8. The van der Waals surface area contributed by atoms with Gasteiger partial charge in [-0.1, -0.05) is 15.9 Å². The van der Waals surface area contributed by atoms with E-state index in [0.717, 1.165) is 0 Å². The van der Waals surface area contributed by atoms with Crippen molar-refractivity contribution in [1.29, 1.82) is 0 Å². The molecule has 0 bridgehead atoms. The molecule has 3 aromatic carbocycles. The van der Waals surface area contributed by atoms with Gasteiger partial charge < -0.3 is 28.4 Å². The third-order valence-electron chi connectivity index (χ3n) is 5.32. The fraction of sp³-hybridized carbons (Fsp3) is 0.148. The number of hydrogen-bond acceptors (Lipinski definition) is 9.